The second kappa shape index (κ2) is 9.40. The van der Waals surface area contributed by atoms with Crippen molar-refractivity contribution in [1.82, 2.24) is 0 Å². The van der Waals surface area contributed by atoms with Gasteiger partial charge in [0.1, 0.15) is 11.6 Å². The van der Waals surface area contributed by atoms with Crippen molar-refractivity contribution in [2.45, 2.75) is 90.2 Å². The Bertz CT molecular complexity index is 1030. The molecule has 1 unspecified atom stereocenters. The van der Waals surface area contributed by atoms with E-state index in [-0.39, 0.29) is 35.4 Å². The first-order valence-electron chi connectivity index (χ1n) is 13.2. The van der Waals surface area contributed by atoms with Crippen LogP contribution in [-0.2, 0) is 29.2 Å². The number of carbonyl (C=O) groups excluding carboxylic acids is 3. The molecule has 0 amide bonds. The number of Topliss-reactive ketones (excluding diaryl/α,β-unsaturated/α-hetero) is 2. The summed E-state index contributed by atoms with van der Waals surface area (Å²) in [4.78, 5) is 37.9. The minimum absolute atomic E-state index is 0.0191. The summed E-state index contributed by atoms with van der Waals surface area (Å²) in [5, 5.41) is -4.55. The lowest BCUT2D eigenvalue weighted by Gasteiger charge is -2.59. The van der Waals surface area contributed by atoms with E-state index in [0.29, 0.717) is 49.2 Å². The standard InChI is InChI=1S/C26H38F2O7S/c1-15(4-9-23(31)35-14-26(27,28)36(32,33)34)19-7-8-20-18-6-5-16-12-17(29)10-11-24(16,2)21(18)13-22(30)25(19,20)3/h15-16,18-21H,4-14H2,1-3H3,(H,32,33,34)/t15-,16?,18+,19-,20+,21+,24+,25-/m1/s1. The fourth-order valence-corrected chi connectivity index (χ4v) is 8.76. The first kappa shape index (κ1) is 27.6. The SMILES string of the molecule is C[C@H](CCC(=O)OCC(F)(F)S(=O)(=O)O)[C@H]1CC[C@H]2[C@@H]3CCC4CC(=O)CC[C@]4(C)[C@H]3CC(=O)[C@]12C. The maximum absolute atomic E-state index is 13.8. The van der Waals surface area contributed by atoms with Gasteiger partial charge < -0.3 is 4.74 Å². The van der Waals surface area contributed by atoms with Crippen molar-refractivity contribution in [3.8, 4) is 0 Å². The third kappa shape index (κ3) is 4.54. The zero-order chi connectivity index (χ0) is 26.7. The Kier molecular flexibility index (Phi) is 7.21. The number of carbonyl (C=O) groups is 3. The van der Waals surface area contributed by atoms with Crippen molar-refractivity contribution in [2.75, 3.05) is 6.61 Å². The van der Waals surface area contributed by atoms with Gasteiger partial charge in [-0.05, 0) is 79.4 Å². The molecule has 4 aliphatic carbocycles. The van der Waals surface area contributed by atoms with Gasteiger partial charge in [0.2, 0.25) is 0 Å². The highest BCUT2D eigenvalue weighted by Gasteiger charge is 2.64. The van der Waals surface area contributed by atoms with Crippen LogP contribution in [0, 0.1) is 46.3 Å². The molecule has 0 bridgehead atoms. The molecule has 4 aliphatic rings. The smallest absolute Gasteiger partial charge is 0.402 e. The molecule has 10 heteroatoms. The quantitative estimate of drug-likeness (QED) is 0.369. The third-order valence-corrected chi connectivity index (χ3v) is 11.6. The van der Waals surface area contributed by atoms with Gasteiger partial charge in [-0.1, -0.05) is 20.8 Å². The normalized spacial score (nSPS) is 39.7. The number of ether oxygens (including phenoxy) is 1. The molecule has 0 heterocycles. The maximum Gasteiger partial charge on any atom is 0.402 e. The Labute approximate surface area is 211 Å². The molecule has 4 rings (SSSR count). The van der Waals surface area contributed by atoms with Gasteiger partial charge in [0.15, 0.2) is 6.61 Å². The number of rotatable bonds is 7. The lowest BCUT2D eigenvalue weighted by molar-refractivity contribution is -0.159. The maximum atomic E-state index is 13.8. The molecule has 8 atom stereocenters. The van der Waals surface area contributed by atoms with Gasteiger partial charge in [0.25, 0.3) is 0 Å². The summed E-state index contributed by atoms with van der Waals surface area (Å²) in [7, 11) is -5.66. The van der Waals surface area contributed by atoms with E-state index in [1.165, 1.54) is 0 Å². The largest absolute Gasteiger partial charge is 0.458 e. The highest BCUT2D eigenvalue weighted by atomic mass is 32.2. The van der Waals surface area contributed by atoms with Crippen molar-refractivity contribution >= 4 is 27.7 Å². The van der Waals surface area contributed by atoms with Crippen LogP contribution in [0.5, 0.6) is 0 Å². The van der Waals surface area contributed by atoms with Gasteiger partial charge in [-0.3, -0.25) is 18.9 Å². The minimum atomic E-state index is -5.66. The van der Waals surface area contributed by atoms with Crippen molar-refractivity contribution in [2.24, 2.45) is 46.3 Å². The van der Waals surface area contributed by atoms with E-state index in [1.807, 2.05) is 6.92 Å². The van der Waals surface area contributed by atoms with Crippen LogP contribution < -0.4 is 0 Å². The summed E-state index contributed by atoms with van der Waals surface area (Å²) in [6.45, 7) is 4.62. The van der Waals surface area contributed by atoms with Gasteiger partial charge in [-0.25, -0.2) is 0 Å². The van der Waals surface area contributed by atoms with Crippen LogP contribution in [0.2, 0.25) is 0 Å². The van der Waals surface area contributed by atoms with Crippen molar-refractivity contribution in [3.63, 3.8) is 0 Å². The second-order valence-corrected chi connectivity index (χ2v) is 13.8. The summed E-state index contributed by atoms with van der Waals surface area (Å²) >= 11 is 0. The Morgan fingerprint density at radius 1 is 1.14 bits per heavy atom. The molecule has 4 fully saturated rings. The number of fused-ring (bicyclic) bond motifs is 5. The molecular formula is C26H38F2O7S. The molecule has 0 aromatic carbocycles. The lowest BCUT2D eigenvalue weighted by Crippen LogP contribution is -2.57. The molecule has 204 valence electrons. The summed E-state index contributed by atoms with van der Waals surface area (Å²) in [6, 6.07) is 0. The van der Waals surface area contributed by atoms with Crippen LogP contribution in [0.1, 0.15) is 85.0 Å². The van der Waals surface area contributed by atoms with E-state index in [0.717, 1.165) is 32.1 Å². The molecular weight excluding hydrogens is 494 g/mol. The zero-order valence-electron chi connectivity index (χ0n) is 21.3. The van der Waals surface area contributed by atoms with Crippen LogP contribution >= 0.6 is 0 Å². The molecule has 0 saturated heterocycles. The van der Waals surface area contributed by atoms with E-state index < -0.39 is 33.4 Å². The Morgan fingerprint density at radius 2 is 1.83 bits per heavy atom. The Morgan fingerprint density at radius 3 is 2.50 bits per heavy atom. The first-order valence-corrected chi connectivity index (χ1v) is 14.6. The van der Waals surface area contributed by atoms with Crippen molar-refractivity contribution in [3.05, 3.63) is 0 Å². The molecule has 7 nitrogen and oxygen atoms in total. The third-order valence-electron chi connectivity index (χ3n) is 10.7. The molecule has 0 radical (unpaired) electrons. The van der Waals surface area contributed by atoms with Gasteiger partial charge >= 0.3 is 21.3 Å². The second-order valence-electron chi connectivity index (χ2n) is 12.3. The summed E-state index contributed by atoms with van der Waals surface area (Å²) in [5.74, 6) is 1.11. The van der Waals surface area contributed by atoms with Gasteiger partial charge in [-0.2, -0.15) is 17.2 Å². The van der Waals surface area contributed by atoms with Gasteiger partial charge in [-0.15, -0.1) is 0 Å². The molecule has 4 saturated carbocycles. The van der Waals surface area contributed by atoms with Gasteiger partial charge in [0, 0.05) is 31.1 Å². The summed E-state index contributed by atoms with van der Waals surface area (Å²) in [5.41, 5.74) is -0.457. The highest BCUT2D eigenvalue weighted by Crippen LogP contribution is 2.67. The summed E-state index contributed by atoms with van der Waals surface area (Å²) < 4.78 is 61.0. The predicted octanol–water partition coefficient (Wildman–Crippen LogP) is 4.83. The van der Waals surface area contributed by atoms with Crippen molar-refractivity contribution < 1.29 is 40.9 Å². The average Bonchev–Trinajstić information content (AvgIpc) is 3.15. The minimum Gasteiger partial charge on any atom is -0.458 e. The fourth-order valence-electron chi connectivity index (χ4n) is 8.55. The average molecular weight is 533 g/mol. The molecule has 0 aromatic rings. The summed E-state index contributed by atoms with van der Waals surface area (Å²) in [6.07, 6.45) is 6.71. The Hall–Kier alpha value is -1.42. The first-order chi connectivity index (χ1) is 16.6. The number of hydrogen-bond acceptors (Lipinski definition) is 6. The van der Waals surface area contributed by atoms with Crippen LogP contribution in [0.3, 0.4) is 0 Å². The monoisotopic (exact) mass is 532 g/mol. The molecule has 36 heavy (non-hydrogen) atoms. The van der Waals surface area contributed by atoms with E-state index in [9.17, 15) is 31.6 Å². The van der Waals surface area contributed by atoms with E-state index in [2.05, 4.69) is 18.6 Å². The number of ketones is 2. The van der Waals surface area contributed by atoms with E-state index in [4.69, 9.17) is 4.55 Å². The molecule has 0 aromatic heterocycles. The number of esters is 1. The number of halogens is 2. The number of alkyl halides is 2. The topological polar surface area (TPSA) is 115 Å². The zero-order valence-corrected chi connectivity index (χ0v) is 22.1. The van der Waals surface area contributed by atoms with Crippen LogP contribution in [-0.4, -0.2) is 42.4 Å². The molecule has 0 spiro atoms. The van der Waals surface area contributed by atoms with Crippen LogP contribution in [0.4, 0.5) is 8.78 Å². The van der Waals surface area contributed by atoms with E-state index >= 15 is 0 Å². The van der Waals surface area contributed by atoms with E-state index in [1.54, 1.807) is 0 Å². The van der Waals surface area contributed by atoms with Crippen molar-refractivity contribution in [1.29, 1.82) is 0 Å². The fraction of sp³-hybridized carbons (Fsp3) is 0.885. The van der Waals surface area contributed by atoms with Crippen LogP contribution in [0.15, 0.2) is 0 Å². The highest BCUT2D eigenvalue weighted by molar-refractivity contribution is 7.86. The van der Waals surface area contributed by atoms with Crippen LogP contribution in [0.25, 0.3) is 0 Å². The number of hydrogen-bond donors (Lipinski definition) is 1. The Balaban J connectivity index is 1.40. The van der Waals surface area contributed by atoms with Gasteiger partial charge in [0.05, 0.1) is 0 Å². The predicted molar refractivity (Wildman–Crippen MR) is 126 cm³/mol. The molecule has 0 aliphatic heterocycles. The molecule has 1 N–H and O–H groups in total. The lowest BCUT2D eigenvalue weighted by atomic mass is 9.44.